The lowest BCUT2D eigenvalue weighted by Gasteiger charge is -2.14. The van der Waals surface area contributed by atoms with Crippen molar-refractivity contribution in [2.24, 2.45) is 5.73 Å². The van der Waals surface area contributed by atoms with Crippen molar-refractivity contribution in [1.82, 2.24) is 15.0 Å². The van der Waals surface area contributed by atoms with E-state index >= 15 is 0 Å². The number of hydrogen-bond donors (Lipinski definition) is 2. The van der Waals surface area contributed by atoms with E-state index in [1.54, 1.807) is 60.9 Å². The summed E-state index contributed by atoms with van der Waals surface area (Å²) in [6, 6.07) is 15.8. The van der Waals surface area contributed by atoms with Gasteiger partial charge in [0.05, 0.1) is 16.8 Å². The van der Waals surface area contributed by atoms with Crippen LogP contribution in [0.25, 0.3) is 22.3 Å². The summed E-state index contributed by atoms with van der Waals surface area (Å²) in [4.78, 5) is 35.9. The minimum Gasteiger partial charge on any atom is -0.486 e. The minimum atomic E-state index is -0.557. The molecular weight excluding hydrogens is 382 g/mol. The molecular formula is C22H17N5O3. The van der Waals surface area contributed by atoms with E-state index in [9.17, 15) is 9.59 Å². The average Bonchev–Trinajstić information content (AvgIpc) is 2.78. The minimum absolute atomic E-state index is 0.0621. The molecule has 3 N–H and O–H groups in total. The van der Waals surface area contributed by atoms with Crippen LogP contribution in [0.15, 0.2) is 67.0 Å². The standard InChI is InChI=1S/C22H17N5O3/c23-20(29)16-5-1-2-6-18(16)26-22-17-12-15(30-11-10-28)7-8-19(17)25-21(27-22)14-4-3-9-24-13-14/h1-10,12-13H,11H2,(H2,23,29)(H,25,26,27). The van der Waals surface area contributed by atoms with Gasteiger partial charge in [0.2, 0.25) is 0 Å². The largest absolute Gasteiger partial charge is 0.486 e. The number of pyridine rings is 1. The Morgan fingerprint density at radius 3 is 2.73 bits per heavy atom. The number of aromatic nitrogens is 3. The van der Waals surface area contributed by atoms with Crippen LogP contribution >= 0.6 is 0 Å². The topological polar surface area (TPSA) is 120 Å². The quantitative estimate of drug-likeness (QED) is 0.458. The van der Waals surface area contributed by atoms with Crippen molar-refractivity contribution in [2.75, 3.05) is 11.9 Å². The van der Waals surface area contributed by atoms with Gasteiger partial charge >= 0.3 is 0 Å². The third-order valence-corrected chi connectivity index (χ3v) is 4.35. The van der Waals surface area contributed by atoms with Gasteiger partial charge in [0.15, 0.2) is 12.1 Å². The molecule has 0 bridgehead atoms. The summed E-state index contributed by atoms with van der Waals surface area (Å²) in [7, 11) is 0. The molecule has 0 aliphatic rings. The number of rotatable bonds is 7. The first-order chi connectivity index (χ1) is 14.7. The lowest BCUT2D eigenvalue weighted by molar-refractivity contribution is -0.109. The van der Waals surface area contributed by atoms with Crippen molar-refractivity contribution in [1.29, 1.82) is 0 Å². The smallest absolute Gasteiger partial charge is 0.250 e. The third-order valence-electron chi connectivity index (χ3n) is 4.35. The molecule has 0 saturated carbocycles. The monoisotopic (exact) mass is 399 g/mol. The second-order valence-electron chi connectivity index (χ2n) is 6.33. The number of amides is 1. The van der Waals surface area contributed by atoms with Crippen molar-refractivity contribution in [3.8, 4) is 17.1 Å². The first kappa shape index (κ1) is 19.0. The number of nitrogens with two attached hydrogens (primary N) is 1. The SMILES string of the molecule is NC(=O)c1ccccc1Nc1nc(-c2cccnc2)nc2ccc(OCC=O)cc12. The summed E-state index contributed by atoms with van der Waals surface area (Å²) >= 11 is 0. The molecule has 148 valence electrons. The van der Waals surface area contributed by atoms with Crippen LogP contribution in [0.5, 0.6) is 5.75 Å². The van der Waals surface area contributed by atoms with Crippen LogP contribution in [0.4, 0.5) is 11.5 Å². The van der Waals surface area contributed by atoms with Gasteiger partial charge in [-0.25, -0.2) is 9.97 Å². The van der Waals surface area contributed by atoms with Crippen molar-refractivity contribution < 1.29 is 14.3 Å². The molecule has 8 heteroatoms. The molecule has 2 aromatic heterocycles. The Morgan fingerprint density at radius 1 is 1.10 bits per heavy atom. The third kappa shape index (κ3) is 3.93. The summed E-state index contributed by atoms with van der Waals surface area (Å²) in [5, 5.41) is 3.85. The van der Waals surface area contributed by atoms with Crippen LogP contribution in [0.2, 0.25) is 0 Å². The molecule has 0 saturated heterocycles. The number of benzene rings is 2. The van der Waals surface area contributed by atoms with Gasteiger partial charge in [-0.05, 0) is 42.5 Å². The summed E-state index contributed by atoms with van der Waals surface area (Å²) < 4.78 is 5.41. The van der Waals surface area contributed by atoms with Crippen molar-refractivity contribution in [2.45, 2.75) is 0 Å². The van der Waals surface area contributed by atoms with E-state index in [-0.39, 0.29) is 6.61 Å². The van der Waals surface area contributed by atoms with Gasteiger partial charge in [0.1, 0.15) is 18.2 Å². The second-order valence-corrected chi connectivity index (χ2v) is 6.33. The molecule has 8 nitrogen and oxygen atoms in total. The lowest BCUT2D eigenvalue weighted by atomic mass is 10.1. The molecule has 30 heavy (non-hydrogen) atoms. The number of carbonyl (C=O) groups excluding carboxylic acids is 2. The molecule has 0 aliphatic heterocycles. The van der Waals surface area contributed by atoms with Crippen molar-refractivity contribution >= 4 is 34.6 Å². The van der Waals surface area contributed by atoms with E-state index in [1.807, 2.05) is 6.07 Å². The van der Waals surface area contributed by atoms with Crippen LogP contribution in [0.1, 0.15) is 10.4 Å². The zero-order valence-corrected chi connectivity index (χ0v) is 15.8. The fourth-order valence-corrected chi connectivity index (χ4v) is 2.98. The summed E-state index contributed by atoms with van der Waals surface area (Å²) in [5.41, 5.74) is 7.75. The maximum atomic E-state index is 11.8. The van der Waals surface area contributed by atoms with E-state index in [2.05, 4.69) is 20.3 Å². The van der Waals surface area contributed by atoms with Crippen LogP contribution in [-0.2, 0) is 4.79 Å². The number of primary amides is 1. The molecule has 0 radical (unpaired) electrons. The zero-order valence-electron chi connectivity index (χ0n) is 15.8. The van der Waals surface area contributed by atoms with Gasteiger partial charge in [0, 0.05) is 23.3 Å². The first-order valence-electron chi connectivity index (χ1n) is 9.10. The maximum Gasteiger partial charge on any atom is 0.250 e. The maximum absolute atomic E-state index is 11.8. The van der Waals surface area contributed by atoms with Crippen molar-refractivity contribution in [3.63, 3.8) is 0 Å². The highest BCUT2D eigenvalue weighted by Crippen LogP contribution is 2.30. The molecule has 2 aromatic carbocycles. The summed E-state index contributed by atoms with van der Waals surface area (Å²) in [5.74, 6) is 0.873. The molecule has 2 heterocycles. The molecule has 0 fully saturated rings. The van der Waals surface area contributed by atoms with Gasteiger partial charge in [-0.15, -0.1) is 0 Å². The fraction of sp³-hybridized carbons (Fsp3) is 0.0455. The number of nitrogens with zero attached hydrogens (tertiary/aromatic N) is 3. The molecule has 0 spiro atoms. The van der Waals surface area contributed by atoms with Crippen molar-refractivity contribution in [3.05, 3.63) is 72.6 Å². The molecule has 1 amide bonds. The Kier molecular flexibility index (Phi) is 5.29. The first-order valence-corrected chi connectivity index (χ1v) is 9.10. The van der Waals surface area contributed by atoms with E-state index in [0.717, 1.165) is 5.56 Å². The highest BCUT2D eigenvalue weighted by Gasteiger charge is 2.14. The normalized spacial score (nSPS) is 10.5. The zero-order chi connectivity index (χ0) is 20.9. The van der Waals surface area contributed by atoms with E-state index in [4.69, 9.17) is 10.5 Å². The number of carbonyl (C=O) groups is 2. The van der Waals surface area contributed by atoms with Gasteiger partial charge in [-0.2, -0.15) is 0 Å². The second kappa shape index (κ2) is 8.36. The van der Waals surface area contributed by atoms with Crippen LogP contribution in [0.3, 0.4) is 0 Å². The van der Waals surface area contributed by atoms with E-state index in [1.165, 1.54) is 0 Å². The predicted octanol–water partition coefficient (Wildman–Crippen LogP) is 3.11. The van der Waals surface area contributed by atoms with Gasteiger partial charge < -0.3 is 15.8 Å². The van der Waals surface area contributed by atoms with Gasteiger partial charge in [0.25, 0.3) is 5.91 Å². The molecule has 4 rings (SSSR count). The van der Waals surface area contributed by atoms with E-state index < -0.39 is 5.91 Å². The Morgan fingerprint density at radius 2 is 1.97 bits per heavy atom. The van der Waals surface area contributed by atoms with Gasteiger partial charge in [-0.3, -0.25) is 14.6 Å². The lowest BCUT2D eigenvalue weighted by Crippen LogP contribution is -2.13. The van der Waals surface area contributed by atoms with E-state index in [0.29, 0.717) is 45.8 Å². The van der Waals surface area contributed by atoms with Gasteiger partial charge in [-0.1, -0.05) is 12.1 Å². The molecule has 0 unspecified atom stereocenters. The fourth-order valence-electron chi connectivity index (χ4n) is 2.98. The number of hydrogen-bond acceptors (Lipinski definition) is 7. The summed E-state index contributed by atoms with van der Waals surface area (Å²) in [6.45, 7) is -0.0621. The number of para-hydroxylation sites is 1. The van der Waals surface area contributed by atoms with Crippen LogP contribution in [-0.4, -0.2) is 33.8 Å². The average molecular weight is 399 g/mol. The summed E-state index contributed by atoms with van der Waals surface area (Å²) in [6.07, 6.45) is 4.02. The van der Waals surface area contributed by atoms with Crippen LogP contribution < -0.4 is 15.8 Å². The number of nitrogens with one attached hydrogen (secondary N) is 1. The highest BCUT2D eigenvalue weighted by atomic mass is 16.5. The molecule has 0 aliphatic carbocycles. The Bertz CT molecular complexity index is 1230. The molecule has 0 atom stereocenters. The number of ether oxygens (including phenoxy) is 1. The predicted molar refractivity (Wildman–Crippen MR) is 113 cm³/mol. The number of anilines is 2. The highest BCUT2D eigenvalue weighted by molar-refractivity contribution is 6.01. The Labute approximate surface area is 171 Å². The molecule has 4 aromatic rings. The van der Waals surface area contributed by atoms with Crippen LogP contribution in [0, 0.1) is 0 Å². The number of aldehydes is 1. The Balaban J connectivity index is 1.87. The Hall–Kier alpha value is -4.33. The number of fused-ring (bicyclic) bond motifs is 1.